The normalized spacial score (nSPS) is 19.6. The van der Waals surface area contributed by atoms with E-state index in [-0.39, 0.29) is 17.8 Å². The van der Waals surface area contributed by atoms with Crippen molar-refractivity contribution >= 4 is 23.6 Å². The molecule has 0 spiro atoms. The number of amides is 1. The highest BCUT2D eigenvalue weighted by atomic mass is 32.2. The van der Waals surface area contributed by atoms with Crippen molar-refractivity contribution in [2.45, 2.75) is 68.7 Å². The van der Waals surface area contributed by atoms with Gasteiger partial charge in [-0.2, -0.15) is 0 Å². The monoisotopic (exact) mass is 473 g/mol. The SMILES string of the molecule is O=C(CSc1nnc(N2CCOCC2)n1C1CC1)N(Cc1ccc(F)cc1)C1CCCCC1. The standard InChI is InChI=1S/C24H32FN5O2S/c25-19-8-6-18(7-9-19)16-29(20-4-2-1-3-5-20)22(31)17-33-24-27-26-23(30(24)21-10-11-21)28-12-14-32-15-13-28/h6-9,20-21H,1-5,10-17H2. The third-order valence-electron chi connectivity index (χ3n) is 6.78. The average Bonchev–Trinajstić information content (AvgIpc) is 3.61. The van der Waals surface area contributed by atoms with Crippen molar-refractivity contribution in [1.29, 1.82) is 0 Å². The van der Waals surface area contributed by atoms with Crippen LogP contribution in [-0.2, 0) is 16.1 Å². The second kappa shape index (κ2) is 10.4. The van der Waals surface area contributed by atoms with Crippen molar-refractivity contribution in [3.05, 3.63) is 35.6 Å². The molecule has 1 amide bonds. The number of nitrogens with zero attached hydrogens (tertiary/aromatic N) is 5. The van der Waals surface area contributed by atoms with Gasteiger partial charge in [-0.1, -0.05) is 43.2 Å². The van der Waals surface area contributed by atoms with Gasteiger partial charge in [0.25, 0.3) is 0 Å². The minimum atomic E-state index is -0.250. The first-order valence-electron chi connectivity index (χ1n) is 12.1. The molecule has 0 radical (unpaired) electrons. The predicted molar refractivity (Wildman–Crippen MR) is 126 cm³/mol. The highest BCUT2D eigenvalue weighted by Gasteiger charge is 2.33. The number of rotatable bonds is 8. The highest BCUT2D eigenvalue weighted by molar-refractivity contribution is 7.99. The van der Waals surface area contributed by atoms with Crippen LogP contribution in [0.5, 0.6) is 0 Å². The summed E-state index contributed by atoms with van der Waals surface area (Å²) in [5.41, 5.74) is 0.969. The smallest absolute Gasteiger partial charge is 0.233 e. The van der Waals surface area contributed by atoms with E-state index in [0.29, 0.717) is 31.6 Å². The van der Waals surface area contributed by atoms with Gasteiger partial charge >= 0.3 is 0 Å². The first-order chi connectivity index (χ1) is 16.2. The second-order valence-corrected chi connectivity index (χ2v) is 10.2. The fraction of sp³-hybridized carbons (Fsp3) is 0.625. The number of anilines is 1. The van der Waals surface area contributed by atoms with Gasteiger partial charge in [-0.25, -0.2) is 4.39 Å². The maximum Gasteiger partial charge on any atom is 0.233 e. The first-order valence-corrected chi connectivity index (χ1v) is 13.1. The maximum absolute atomic E-state index is 13.4. The Morgan fingerprint density at radius 1 is 1.06 bits per heavy atom. The van der Waals surface area contributed by atoms with Gasteiger partial charge < -0.3 is 14.5 Å². The molecule has 0 atom stereocenters. The summed E-state index contributed by atoms with van der Waals surface area (Å²) in [5.74, 6) is 1.12. The van der Waals surface area contributed by atoms with Gasteiger partial charge in [0, 0.05) is 31.7 Å². The van der Waals surface area contributed by atoms with E-state index < -0.39 is 0 Å². The number of hydrogen-bond donors (Lipinski definition) is 0. The van der Waals surface area contributed by atoms with Crippen LogP contribution in [0, 0.1) is 5.82 Å². The van der Waals surface area contributed by atoms with Crippen LogP contribution in [0.25, 0.3) is 0 Å². The van der Waals surface area contributed by atoms with Crippen molar-refractivity contribution in [2.75, 3.05) is 37.0 Å². The fourth-order valence-corrected chi connectivity index (χ4v) is 5.70. The van der Waals surface area contributed by atoms with Crippen molar-refractivity contribution in [3.63, 3.8) is 0 Å². The van der Waals surface area contributed by atoms with Crippen LogP contribution in [-0.4, -0.2) is 63.7 Å². The zero-order valence-electron chi connectivity index (χ0n) is 19.0. The molecule has 3 fully saturated rings. The summed E-state index contributed by atoms with van der Waals surface area (Å²) in [6, 6.07) is 7.19. The third-order valence-corrected chi connectivity index (χ3v) is 7.71. The number of benzene rings is 1. The predicted octanol–water partition coefficient (Wildman–Crippen LogP) is 4.04. The molecule has 1 aromatic heterocycles. The highest BCUT2D eigenvalue weighted by Crippen LogP contribution is 2.41. The molecule has 0 bridgehead atoms. The maximum atomic E-state index is 13.4. The van der Waals surface area contributed by atoms with Gasteiger partial charge in [0.1, 0.15) is 5.82 Å². The van der Waals surface area contributed by atoms with Gasteiger partial charge in [-0.3, -0.25) is 9.36 Å². The average molecular weight is 474 g/mol. The van der Waals surface area contributed by atoms with Crippen molar-refractivity contribution in [3.8, 4) is 0 Å². The Morgan fingerprint density at radius 3 is 2.48 bits per heavy atom. The quantitative estimate of drug-likeness (QED) is 0.539. The molecular weight excluding hydrogens is 441 g/mol. The third kappa shape index (κ3) is 5.51. The second-order valence-electron chi connectivity index (χ2n) is 9.21. The molecule has 7 nitrogen and oxygen atoms in total. The summed E-state index contributed by atoms with van der Waals surface area (Å²) in [6.07, 6.45) is 7.89. The fourth-order valence-electron chi connectivity index (χ4n) is 4.81. The molecule has 2 aromatic rings. The van der Waals surface area contributed by atoms with Crippen LogP contribution < -0.4 is 4.90 Å². The molecule has 1 saturated heterocycles. The van der Waals surface area contributed by atoms with Crippen LogP contribution in [0.15, 0.2) is 29.4 Å². The lowest BCUT2D eigenvalue weighted by atomic mass is 9.94. The summed E-state index contributed by atoms with van der Waals surface area (Å²) in [5, 5.41) is 9.79. The van der Waals surface area contributed by atoms with Crippen LogP contribution in [0.3, 0.4) is 0 Å². The molecule has 0 unspecified atom stereocenters. The van der Waals surface area contributed by atoms with Gasteiger partial charge in [0.2, 0.25) is 11.9 Å². The molecule has 0 N–H and O–H groups in total. The molecular formula is C24H32FN5O2S. The number of thioether (sulfide) groups is 1. The molecule has 2 saturated carbocycles. The van der Waals surface area contributed by atoms with Gasteiger partial charge in [0.15, 0.2) is 5.16 Å². The molecule has 9 heteroatoms. The zero-order valence-corrected chi connectivity index (χ0v) is 19.8. The van der Waals surface area contributed by atoms with Crippen molar-refractivity contribution in [2.24, 2.45) is 0 Å². The number of halogens is 1. The van der Waals surface area contributed by atoms with Gasteiger partial charge in [0.05, 0.1) is 19.0 Å². The first kappa shape index (κ1) is 22.7. The molecule has 2 aliphatic carbocycles. The number of ether oxygens (including phenoxy) is 1. The van der Waals surface area contributed by atoms with E-state index in [2.05, 4.69) is 19.7 Å². The number of aromatic nitrogens is 3. The van der Waals surface area contributed by atoms with E-state index in [9.17, 15) is 9.18 Å². The summed E-state index contributed by atoms with van der Waals surface area (Å²) in [7, 11) is 0. The lowest BCUT2D eigenvalue weighted by Gasteiger charge is -2.34. The Hall–Kier alpha value is -2.13. The molecule has 1 aromatic carbocycles. The largest absolute Gasteiger partial charge is 0.378 e. The molecule has 1 aliphatic heterocycles. The summed E-state index contributed by atoms with van der Waals surface area (Å²) in [4.78, 5) is 17.7. The lowest BCUT2D eigenvalue weighted by molar-refractivity contribution is -0.132. The summed E-state index contributed by atoms with van der Waals surface area (Å²) < 4.78 is 21.1. The van der Waals surface area contributed by atoms with Crippen LogP contribution in [0.1, 0.15) is 56.6 Å². The zero-order chi connectivity index (χ0) is 22.6. The number of morpholine rings is 1. The van der Waals surface area contributed by atoms with E-state index in [0.717, 1.165) is 68.3 Å². The van der Waals surface area contributed by atoms with E-state index in [1.54, 1.807) is 12.1 Å². The molecule has 5 rings (SSSR count). The Morgan fingerprint density at radius 2 is 1.79 bits per heavy atom. The number of hydrogen-bond acceptors (Lipinski definition) is 6. The number of carbonyl (C=O) groups is 1. The summed E-state index contributed by atoms with van der Waals surface area (Å²) >= 11 is 1.49. The lowest BCUT2D eigenvalue weighted by Crippen LogP contribution is -2.42. The van der Waals surface area contributed by atoms with Crippen LogP contribution >= 0.6 is 11.8 Å². The Labute approximate surface area is 198 Å². The topological polar surface area (TPSA) is 63.5 Å². The minimum Gasteiger partial charge on any atom is -0.378 e. The Balaban J connectivity index is 1.29. The van der Waals surface area contributed by atoms with E-state index in [4.69, 9.17) is 4.74 Å². The summed E-state index contributed by atoms with van der Waals surface area (Å²) in [6.45, 7) is 3.58. The van der Waals surface area contributed by atoms with E-state index in [1.807, 2.05) is 4.90 Å². The van der Waals surface area contributed by atoms with Crippen LogP contribution in [0.2, 0.25) is 0 Å². The van der Waals surface area contributed by atoms with Gasteiger partial charge in [-0.15, -0.1) is 10.2 Å². The Kier molecular flexibility index (Phi) is 7.16. The molecule has 33 heavy (non-hydrogen) atoms. The van der Waals surface area contributed by atoms with Crippen molar-refractivity contribution in [1.82, 2.24) is 19.7 Å². The molecule has 3 aliphatic rings. The van der Waals surface area contributed by atoms with E-state index >= 15 is 0 Å². The van der Waals surface area contributed by atoms with Gasteiger partial charge in [-0.05, 0) is 43.4 Å². The minimum absolute atomic E-state index is 0.120. The number of carbonyl (C=O) groups excluding carboxylic acids is 1. The molecule has 2 heterocycles. The Bertz CT molecular complexity index is 937. The van der Waals surface area contributed by atoms with Crippen molar-refractivity contribution < 1.29 is 13.9 Å². The van der Waals surface area contributed by atoms with Crippen LogP contribution in [0.4, 0.5) is 10.3 Å². The van der Waals surface area contributed by atoms with E-state index in [1.165, 1.54) is 30.3 Å². The molecule has 178 valence electrons.